The van der Waals surface area contributed by atoms with Crippen LogP contribution in [0.3, 0.4) is 0 Å². The van der Waals surface area contributed by atoms with E-state index in [-0.39, 0.29) is 23.5 Å². The lowest BCUT2D eigenvalue weighted by Gasteiger charge is -2.29. The third kappa shape index (κ3) is 4.93. The molecule has 7 heteroatoms. The van der Waals surface area contributed by atoms with Crippen molar-refractivity contribution < 1.29 is 13.2 Å². The fraction of sp³-hybridized carbons (Fsp3) is 0.647. The van der Waals surface area contributed by atoms with Gasteiger partial charge in [0.1, 0.15) is 5.69 Å². The zero-order chi connectivity index (χ0) is 17.6. The molecule has 0 saturated carbocycles. The molecule has 1 aromatic rings. The molecule has 1 saturated heterocycles. The normalized spacial score (nSPS) is 19.2. The van der Waals surface area contributed by atoms with Crippen molar-refractivity contribution in [3.8, 4) is 0 Å². The third-order valence-corrected chi connectivity index (χ3v) is 6.11. The van der Waals surface area contributed by atoms with E-state index in [4.69, 9.17) is 0 Å². The molecule has 0 aromatic carbocycles. The number of hydrogen-bond acceptors (Lipinski definition) is 5. The van der Waals surface area contributed by atoms with Crippen molar-refractivity contribution in [2.24, 2.45) is 0 Å². The number of carbonyl (C=O) groups excluding carboxylic acids is 1. The van der Waals surface area contributed by atoms with Gasteiger partial charge in [-0.1, -0.05) is 19.8 Å². The highest BCUT2D eigenvalue weighted by molar-refractivity contribution is 7.91. The number of nitrogens with zero attached hydrogens (tertiary/aromatic N) is 2. The van der Waals surface area contributed by atoms with Crippen LogP contribution in [-0.2, 0) is 9.84 Å². The number of pyridine rings is 1. The number of nitrogens with one attached hydrogen (secondary N) is 1. The molecule has 1 aliphatic heterocycles. The number of hydrogen-bond donors (Lipinski definition) is 1. The highest BCUT2D eigenvalue weighted by Crippen LogP contribution is 2.24. The lowest BCUT2D eigenvalue weighted by Crippen LogP contribution is -2.36. The predicted molar refractivity (Wildman–Crippen MR) is 96.2 cm³/mol. The number of anilines is 1. The Balaban J connectivity index is 2.06. The summed E-state index contributed by atoms with van der Waals surface area (Å²) in [7, 11) is -2.94. The van der Waals surface area contributed by atoms with Crippen LogP contribution in [0.25, 0.3) is 0 Å². The maximum atomic E-state index is 12.2. The first-order valence-corrected chi connectivity index (χ1v) is 10.5. The lowest BCUT2D eigenvalue weighted by molar-refractivity contribution is 0.0948. The van der Waals surface area contributed by atoms with Crippen LogP contribution in [0.5, 0.6) is 0 Å². The van der Waals surface area contributed by atoms with Crippen LogP contribution in [0.4, 0.5) is 5.69 Å². The van der Waals surface area contributed by atoms with Gasteiger partial charge in [-0.2, -0.15) is 0 Å². The van der Waals surface area contributed by atoms with Crippen molar-refractivity contribution in [1.82, 2.24) is 10.3 Å². The summed E-state index contributed by atoms with van der Waals surface area (Å²) in [5.74, 6) is 0.245. The van der Waals surface area contributed by atoms with Gasteiger partial charge in [-0.15, -0.1) is 0 Å². The quantitative estimate of drug-likeness (QED) is 0.723. The largest absolute Gasteiger partial charge is 0.368 e. The average molecular weight is 353 g/mol. The summed E-state index contributed by atoms with van der Waals surface area (Å²) < 4.78 is 23.5. The fourth-order valence-corrected chi connectivity index (χ4v) is 4.79. The molecule has 0 bridgehead atoms. The van der Waals surface area contributed by atoms with Gasteiger partial charge < -0.3 is 10.2 Å². The maximum absolute atomic E-state index is 12.2. The molecule has 0 spiro atoms. The molecule has 24 heavy (non-hydrogen) atoms. The van der Waals surface area contributed by atoms with Gasteiger partial charge in [0.05, 0.1) is 11.5 Å². The minimum Gasteiger partial charge on any atom is -0.368 e. The summed E-state index contributed by atoms with van der Waals surface area (Å²) in [4.78, 5) is 18.4. The van der Waals surface area contributed by atoms with E-state index < -0.39 is 9.84 Å². The first-order valence-electron chi connectivity index (χ1n) is 8.68. The Morgan fingerprint density at radius 2 is 2.17 bits per heavy atom. The van der Waals surface area contributed by atoms with Gasteiger partial charge in [0.15, 0.2) is 9.84 Å². The molecule has 1 aliphatic rings. The Morgan fingerprint density at radius 3 is 2.79 bits per heavy atom. The standard InChI is InChI=1S/C17H27N3O3S/c1-3-5-6-9-19-17(21)16-12-14(7-10-18-16)20(4-2)15-8-11-24(22,23)13-15/h7,10,12,15H,3-6,8-9,11,13H2,1-2H3,(H,19,21). The summed E-state index contributed by atoms with van der Waals surface area (Å²) in [6.07, 6.45) is 5.41. The van der Waals surface area contributed by atoms with E-state index in [1.807, 2.05) is 13.0 Å². The summed E-state index contributed by atoms with van der Waals surface area (Å²) >= 11 is 0. The molecule has 0 radical (unpaired) electrons. The van der Waals surface area contributed by atoms with E-state index >= 15 is 0 Å². The molecule has 1 unspecified atom stereocenters. The van der Waals surface area contributed by atoms with Gasteiger partial charge >= 0.3 is 0 Å². The van der Waals surface area contributed by atoms with Gasteiger partial charge in [0.2, 0.25) is 0 Å². The van der Waals surface area contributed by atoms with Crippen molar-refractivity contribution >= 4 is 21.4 Å². The van der Waals surface area contributed by atoms with E-state index in [1.165, 1.54) is 0 Å². The topological polar surface area (TPSA) is 79.4 Å². The van der Waals surface area contributed by atoms with E-state index in [0.29, 0.717) is 25.2 Å². The van der Waals surface area contributed by atoms with E-state index in [1.54, 1.807) is 12.3 Å². The Kier molecular flexibility index (Phi) is 6.60. The van der Waals surface area contributed by atoms with Crippen LogP contribution in [0.1, 0.15) is 50.0 Å². The summed E-state index contributed by atoms with van der Waals surface area (Å²) in [6.45, 7) is 5.46. The minimum absolute atomic E-state index is 0.0251. The van der Waals surface area contributed by atoms with E-state index in [0.717, 1.165) is 24.9 Å². The SMILES string of the molecule is CCCCCNC(=O)c1cc(N(CC)C2CCS(=O)(=O)C2)ccn1. The van der Waals surface area contributed by atoms with Crippen molar-refractivity contribution in [3.63, 3.8) is 0 Å². The summed E-state index contributed by atoms with van der Waals surface area (Å²) in [5, 5.41) is 2.88. The number of amides is 1. The van der Waals surface area contributed by atoms with Gasteiger partial charge in [0, 0.05) is 31.0 Å². The molecule has 2 rings (SSSR count). The highest BCUT2D eigenvalue weighted by atomic mass is 32.2. The van der Waals surface area contributed by atoms with E-state index in [9.17, 15) is 13.2 Å². The maximum Gasteiger partial charge on any atom is 0.269 e. The third-order valence-electron chi connectivity index (χ3n) is 4.36. The van der Waals surface area contributed by atoms with Crippen molar-refractivity contribution in [2.45, 2.75) is 45.6 Å². The van der Waals surface area contributed by atoms with Crippen LogP contribution >= 0.6 is 0 Å². The molecule has 134 valence electrons. The molecule has 1 amide bonds. The Bertz CT molecular complexity index is 661. The average Bonchev–Trinajstić information content (AvgIpc) is 2.92. The van der Waals surface area contributed by atoms with Gasteiger partial charge in [-0.25, -0.2) is 8.42 Å². The molecule has 1 fully saturated rings. The molecule has 0 aliphatic carbocycles. The highest BCUT2D eigenvalue weighted by Gasteiger charge is 2.32. The molecule has 2 heterocycles. The number of sulfone groups is 1. The monoisotopic (exact) mass is 353 g/mol. The van der Waals surface area contributed by atoms with Gasteiger partial charge in [-0.3, -0.25) is 9.78 Å². The smallest absolute Gasteiger partial charge is 0.269 e. The first kappa shape index (κ1) is 18.7. The first-order chi connectivity index (χ1) is 11.5. The second kappa shape index (κ2) is 8.46. The molecular formula is C17H27N3O3S. The number of aromatic nitrogens is 1. The van der Waals surface area contributed by atoms with Crippen molar-refractivity contribution in [1.29, 1.82) is 0 Å². The van der Waals surface area contributed by atoms with Crippen molar-refractivity contribution in [2.75, 3.05) is 29.5 Å². The zero-order valence-corrected chi connectivity index (χ0v) is 15.3. The molecule has 1 atom stereocenters. The summed E-state index contributed by atoms with van der Waals surface area (Å²) in [5.41, 5.74) is 1.23. The Hall–Kier alpha value is -1.63. The van der Waals surface area contributed by atoms with Crippen LogP contribution in [0.2, 0.25) is 0 Å². The predicted octanol–water partition coefficient (Wildman–Crippen LogP) is 2.01. The number of carbonyl (C=O) groups is 1. The fourth-order valence-electron chi connectivity index (χ4n) is 3.06. The van der Waals surface area contributed by atoms with Crippen molar-refractivity contribution in [3.05, 3.63) is 24.0 Å². The molecule has 1 N–H and O–H groups in total. The van der Waals surface area contributed by atoms with Gasteiger partial charge in [0.25, 0.3) is 5.91 Å². The summed E-state index contributed by atoms with van der Waals surface area (Å²) in [6, 6.07) is 3.56. The lowest BCUT2D eigenvalue weighted by atomic mass is 10.2. The molecule has 1 aromatic heterocycles. The van der Waals surface area contributed by atoms with Gasteiger partial charge in [-0.05, 0) is 31.9 Å². The Labute approximate surface area is 144 Å². The molecule has 6 nitrogen and oxygen atoms in total. The van der Waals surface area contributed by atoms with Crippen LogP contribution in [0.15, 0.2) is 18.3 Å². The van der Waals surface area contributed by atoms with Crippen LogP contribution in [0, 0.1) is 0 Å². The van der Waals surface area contributed by atoms with E-state index in [2.05, 4.69) is 22.1 Å². The number of unbranched alkanes of at least 4 members (excludes halogenated alkanes) is 2. The second-order valence-electron chi connectivity index (χ2n) is 6.21. The van der Waals surface area contributed by atoms with Crippen LogP contribution < -0.4 is 10.2 Å². The minimum atomic E-state index is -2.94. The second-order valence-corrected chi connectivity index (χ2v) is 8.43. The van der Waals surface area contributed by atoms with Crippen LogP contribution in [-0.4, -0.2) is 49.9 Å². The Morgan fingerprint density at radius 1 is 1.38 bits per heavy atom. The zero-order valence-electron chi connectivity index (χ0n) is 14.5. The molecular weight excluding hydrogens is 326 g/mol. The number of rotatable bonds is 8.